The number of aryl methyl sites for hydroxylation is 1. The van der Waals surface area contributed by atoms with Crippen molar-refractivity contribution in [2.45, 2.75) is 18.6 Å². The van der Waals surface area contributed by atoms with Crippen LogP contribution in [0.1, 0.15) is 37.9 Å². The van der Waals surface area contributed by atoms with Gasteiger partial charge in [-0.2, -0.15) is 0 Å². The monoisotopic (exact) mass is 467 g/mol. The summed E-state index contributed by atoms with van der Waals surface area (Å²) in [5, 5.41) is 0. The number of fused-ring (bicyclic) bond motifs is 3. The van der Waals surface area contributed by atoms with Gasteiger partial charge in [0.25, 0.3) is 0 Å². The fraction of sp³-hybridized carbons (Fsp3) is 0.214. The van der Waals surface area contributed by atoms with Crippen molar-refractivity contribution in [3.8, 4) is 5.75 Å². The highest BCUT2D eigenvalue weighted by Crippen LogP contribution is 2.58. The van der Waals surface area contributed by atoms with Crippen LogP contribution >= 0.6 is 0 Å². The molecule has 0 unspecified atom stereocenters. The summed E-state index contributed by atoms with van der Waals surface area (Å²) in [5.74, 6) is -4.20. The van der Waals surface area contributed by atoms with Gasteiger partial charge in [0.2, 0.25) is 29.0 Å². The number of ether oxygens (including phenoxy) is 2. The van der Waals surface area contributed by atoms with E-state index in [1.165, 1.54) is 7.11 Å². The molecular weight excluding hydrogens is 446 g/mol. The number of Topliss-reactive ketones (excluding diaryl/α,β-unsaturated/α-hetero) is 2. The maximum Gasteiger partial charge on any atom is 0.241 e. The Labute approximate surface area is 201 Å². The minimum absolute atomic E-state index is 0.200. The van der Waals surface area contributed by atoms with Crippen LogP contribution in [0.4, 0.5) is 5.69 Å². The molecule has 1 aliphatic carbocycles. The summed E-state index contributed by atoms with van der Waals surface area (Å²) < 4.78 is 11.8. The number of nitrogens with zero attached hydrogens (tertiary/aromatic N) is 1. The lowest BCUT2D eigenvalue weighted by Gasteiger charge is -2.28. The molecule has 0 saturated carbocycles. The molecule has 2 aliphatic heterocycles. The van der Waals surface area contributed by atoms with E-state index in [0.29, 0.717) is 17.0 Å². The second kappa shape index (κ2) is 7.45. The molecule has 0 N–H and O–H groups in total. The fourth-order valence-corrected chi connectivity index (χ4v) is 5.75. The number of anilines is 1. The number of hydrogen-bond donors (Lipinski definition) is 0. The zero-order valence-electron chi connectivity index (χ0n) is 19.1. The number of amides is 2. The first-order valence-electron chi connectivity index (χ1n) is 11.3. The van der Waals surface area contributed by atoms with E-state index in [1.807, 2.05) is 6.07 Å². The van der Waals surface area contributed by atoms with Crippen molar-refractivity contribution in [1.82, 2.24) is 0 Å². The molecule has 0 aromatic heterocycles. The average Bonchev–Trinajstić information content (AvgIpc) is 3.44. The zero-order valence-corrected chi connectivity index (χ0v) is 19.1. The van der Waals surface area contributed by atoms with Gasteiger partial charge in [0.1, 0.15) is 11.9 Å². The number of methoxy groups -OCH3 is 1. The van der Waals surface area contributed by atoms with Gasteiger partial charge in [0.15, 0.2) is 0 Å². The quantitative estimate of drug-likeness (QED) is 0.431. The van der Waals surface area contributed by atoms with Gasteiger partial charge in [-0.05, 0) is 24.6 Å². The van der Waals surface area contributed by atoms with E-state index in [0.717, 1.165) is 10.5 Å². The molecule has 3 aromatic rings. The van der Waals surface area contributed by atoms with Crippen LogP contribution in [0.3, 0.4) is 0 Å². The van der Waals surface area contributed by atoms with Gasteiger partial charge in [0.05, 0.1) is 24.6 Å². The molecule has 2 saturated heterocycles. The number of rotatable bonds is 3. The normalized spacial score (nSPS) is 24.3. The van der Waals surface area contributed by atoms with E-state index in [9.17, 15) is 19.2 Å². The highest BCUT2D eigenvalue weighted by atomic mass is 16.5. The molecule has 7 nitrogen and oxygen atoms in total. The van der Waals surface area contributed by atoms with Crippen LogP contribution < -0.4 is 9.64 Å². The largest absolute Gasteiger partial charge is 0.496 e. The molecule has 174 valence electrons. The van der Waals surface area contributed by atoms with E-state index >= 15 is 0 Å². The Morgan fingerprint density at radius 1 is 0.800 bits per heavy atom. The molecule has 0 bridgehead atoms. The molecular formula is C28H21NO6. The van der Waals surface area contributed by atoms with Crippen molar-refractivity contribution in [3.63, 3.8) is 0 Å². The Balaban J connectivity index is 1.58. The number of carbonyl (C=O) groups excluding carboxylic acids is 4. The second-order valence-corrected chi connectivity index (χ2v) is 9.02. The zero-order chi connectivity index (χ0) is 24.5. The Hall–Kier alpha value is -4.10. The van der Waals surface area contributed by atoms with Gasteiger partial charge >= 0.3 is 0 Å². The Kier molecular flexibility index (Phi) is 4.56. The summed E-state index contributed by atoms with van der Waals surface area (Å²) in [6.07, 6.45) is -1.02. The highest BCUT2D eigenvalue weighted by molar-refractivity contribution is 6.37. The lowest BCUT2D eigenvalue weighted by molar-refractivity contribution is -0.127. The lowest BCUT2D eigenvalue weighted by atomic mass is 9.77. The predicted octanol–water partition coefficient (Wildman–Crippen LogP) is 3.70. The third-order valence-electron chi connectivity index (χ3n) is 7.32. The summed E-state index contributed by atoms with van der Waals surface area (Å²) in [4.78, 5) is 56.6. The first-order valence-corrected chi connectivity index (χ1v) is 11.3. The Bertz CT molecular complexity index is 1410. The SMILES string of the molecule is COc1ccccc1[C@H]1OC2(C(=O)c3ccccc3C2=O)[C@H]2C(=O)N(c3ccccc3C)C(=O)[C@@H]12. The van der Waals surface area contributed by atoms with Crippen molar-refractivity contribution in [2.75, 3.05) is 12.0 Å². The number of hydrogen-bond acceptors (Lipinski definition) is 6. The summed E-state index contributed by atoms with van der Waals surface area (Å²) in [6.45, 7) is 1.80. The van der Waals surface area contributed by atoms with Gasteiger partial charge < -0.3 is 9.47 Å². The van der Waals surface area contributed by atoms with Crippen LogP contribution in [0.2, 0.25) is 0 Å². The van der Waals surface area contributed by atoms with Gasteiger partial charge in [-0.1, -0.05) is 60.7 Å². The maximum absolute atomic E-state index is 14.0. The highest BCUT2D eigenvalue weighted by Gasteiger charge is 2.75. The van der Waals surface area contributed by atoms with Crippen LogP contribution in [-0.4, -0.2) is 36.1 Å². The summed E-state index contributed by atoms with van der Waals surface area (Å²) in [5.41, 5.74) is -0.0415. The third kappa shape index (κ3) is 2.64. The van der Waals surface area contributed by atoms with Crippen LogP contribution in [-0.2, 0) is 14.3 Å². The topological polar surface area (TPSA) is 90.0 Å². The molecule has 3 aliphatic rings. The van der Waals surface area contributed by atoms with Gasteiger partial charge in [-0.3, -0.25) is 19.2 Å². The van der Waals surface area contributed by atoms with Crippen LogP contribution in [0.15, 0.2) is 72.8 Å². The molecule has 7 heteroatoms. The first-order chi connectivity index (χ1) is 16.9. The molecule has 0 radical (unpaired) electrons. The maximum atomic E-state index is 14.0. The molecule has 35 heavy (non-hydrogen) atoms. The molecule has 2 fully saturated rings. The Morgan fingerprint density at radius 3 is 2.06 bits per heavy atom. The molecule has 1 spiro atoms. The molecule has 2 amide bonds. The average molecular weight is 467 g/mol. The van der Waals surface area contributed by atoms with Crippen LogP contribution in [0, 0.1) is 18.8 Å². The molecule has 3 atom stereocenters. The van der Waals surface area contributed by atoms with Crippen molar-refractivity contribution >= 4 is 29.1 Å². The lowest BCUT2D eigenvalue weighted by Crippen LogP contribution is -2.51. The number of para-hydroxylation sites is 2. The van der Waals surface area contributed by atoms with E-state index in [-0.39, 0.29) is 11.1 Å². The van der Waals surface area contributed by atoms with Crippen molar-refractivity contribution in [3.05, 3.63) is 95.1 Å². The van der Waals surface area contributed by atoms with Gasteiger partial charge in [-0.25, -0.2) is 4.90 Å². The van der Waals surface area contributed by atoms with Crippen molar-refractivity contribution in [2.24, 2.45) is 11.8 Å². The summed E-state index contributed by atoms with van der Waals surface area (Å²) in [7, 11) is 1.49. The number of imide groups is 1. The minimum Gasteiger partial charge on any atom is -0.496 e. The third-order valence-corrected chi connectivity index (χ3v) is 7.32. The Morgan fingerprint density at radius 2 is 1.40 bits per heavy atom. The molecule has 2 heterocycles. The number of benzene rings is 3. The number of carbonyl (C=O) groups is 4. The van der Waals surface area contributed by atoms with Gasteiger partial charge in [0, 0.05) is 16.7 Å². The van der Waals surface area contributed by atoms with E-state index in [2.05, 4.69) is 0 Å². The van der Waals surface area contributed by atoms with E-state index in [1.54, 1.807) is 73.7 Å². The van der Waals surface area contributed by atoms with E-state index in [4.69, 9.17) is 9.47 Å². The van der Waals surface area contributed by atoms with Gasteiger partial charge in [-0.15, -0.1) is 0 Å². The summed E-state index contributed by atoms with van der Waals surface area (Å²) >= 11 is 0. The van der Waals surface area contributed by atoms with Crippen molar-refractivity contribution < 1.29 is 28.7 Å². The fourth-order valence-electron chi connectivity index (χ4n) is 5.75. The summed E-state index contributed by atoms with van der Waals surface area (Å²) in [6, 6.07) is 20.4. The minimum atomic E-state index is -2.11. The molecule has 3 aromatic carbocycles. The smallest absolute Gasteiger partial charge is 0.241 e. The van der Waals surface area contributed by atoms with Crippen LogP contribution in [0.25, 0.3) is 0 Å². The van der Waals surface area contributed by atoms with Crippen molar-refractivity contribution in [1.29, 1.82) is 0 Å². The second-order valence-electron chi connectivity index (χ2n) is 9.02. The van der Waals surface area contributed by atoms with Crippen LogP contribution in [0.5, 0.6) is 5.75 Å². The molecule has 6 rings (SSSR count). The van der Waals surface area contributed by atoms with E-state index < -0.39 is 46.9 Å². The number of ketones is 2. The first kappa shape index (κ1) is 21.4. The standard InChI is InChI=1S/C28H21NO6/c1-15-9-3-7-13-19(15)29-26(32)21-22(27(29)33)28(24(30)16-10-4-5-11-17(16)25(28)31)35-23(21)18-12-6-8-14-20(18)34-2/h3-14,21-23H,1-2H3/t21-,22-,23-/m1/s1. The predicted molar refractivity (Wildman–Crippen MR) is 125 cm³/mol.